The van der Waals surface area contributed by atoms with Gasteiger partial charge in [0.1, 0.15) is 36.6 Å². The summed E-state index contributed by atoms with van der Waals surface area (Å²) in [5.41, 5.74) is 3.13. The van der Waals surface area contributed by atoms with Gasteiger partial charge in [-0.3, -0.25) is 24.7 Å². The number of likely N-dealkylation sites (N-methyl/N-ethyl adjacent to an activating group) is 1. The first-order valence-electron chi connectivity index (χ1n) is 29.1. The summed E-state index contributed by atoms with van der Waals surface area (Å²) in [5.74, 6) is 11.3. The Labute approximate surface area is 548 Å². The second-order valence-corrected chi connectivity index (χ2v) is 26.6. The lowest BCUT2D eigenvalue weighted by atomic mass is 9.75. The second kappa shape index (κ2) is 32.3. The van der Waals surface area contributed by atoms with Crippen LogP contribution in [0, 0.1) is 48.0 Å². The highest BCUT2D eigenvalue weighted by Gasteiger charge is 2.52. The molecular weight excluding hydrogens is 1350 g/mol. The van der Waals surface area contributed by atoms with Crippen molar-refractivity contribution in [1.29, 1.82) is 0 Å². The number of nitrogens with zero attached hydrogens (tertiary/aromatic N) is 1. The first-order valence-corrected chi connectivity index (χ1v) is 33.4. The summed E-state index contributed by atoms with van der Waals surface area (Å²) < 4.78 is 72.9. The molecule has 1 aromatic heterocycles. The lowest BCUT2D eigenvalue weighted by molar-refractivity contribution is -0.336. The van der Waals surface area contributed by atoms with Gasteiger partial charge in [-0.25, -0.2) is 4.79 Å². The molecule has 4 fully saturated rings. The molecule has 4 saturated heterocycles. The molecule has 1 amide bonds. The number of carbonyl (C=O) groups is 3. The van der Waals surface area contributed by atoms with Gasteiger partial charge >= 0.3 is 6.09 Å². The highest BCUT2D eigenvalue weighted by molar-refractivity contribution is 14.1. The lowest BCUT2D eigenvalue weighted by Gasteiger charge is -2.46. The quantitative estimate of drug-likeness (QED) is 0.0272. The van der Waals surface area contributed by atoms with Gasteiger partial charge in [-0.1, -0.05) is 70.0 Å². The maximum atomic E-state index is 14.5. The van der Waals surface area contributed by atoms with Crippen LogP contribution >= 0.6 is 55.9 Å². The van der Waals surface area contributed by atoms with Crippen molar-refractivity contribution in [1.82, 2.24) is 21.1 Å². The molecule has 0 spiro atoms. The van der Waals surface area contributed by atoms with Gasteiger partial charge in [-0.15, -0.1) is 0 Å². The number of thioether (sulfide) groups is 1. The van der Waals surface area contributed by atoms with Crippen molar-refractivity contribution in [2.75, 3.05) is 54.5 Å². The van der Waals surface area contributed by atoms with Crippen LogP contribution in [0.2, 0.25) is 0 Å². The predicted octanol–water partition coefficient (Wildman–Crippen LogP) is 3.99. The molecule has 0 saturated carbocycles. The number of aliphatic hydroxyl groups excluding tert-OH is 4. The van der Waals surface area contributed by atoms with Gasteiger partial charge in [0, 0.05) is 61.2 Å². The van der Waals surface area contributed by atoms with Gasteiger partial charge in [0.15, 0.2) is 41.8 Å². The number of aromatic nitrogens is 1. The van der Waals surface area contributed by atoms with E-state index in [0.29, 0.717) is 15.7 Å². The van der Waals surface area contributed by atoms with E-state index in [0.717, 1.165) is 34.9 Å². The van der Waals surface area contributed by atoms with Crippen LogP contribution in [0.25, 0.3) is 0 Å². The van der Waals surface area contributed by atoms with E-state index in [1.54, 1.807) is 53.3 Å². The Hall–Kier alpha value is -4.14. The Kier molecular flexibility index (Phi) is 25.8. The zero-order chi connectivity index (χ0) is 65.3. The monoisotopic (exact) mass is 1430 g/mol. The number of halogens is 1. The molecule has 8 N–H and O–H groups in total. The lowest BCUT2D eigenvalue weighted by Crippen LogP contribution is -2.65. The molecule has 0 unspecified atom stereocenters. The number of hydrogen-bond donors (Lipinski definition) is 8. The Balaban J connectivity index is 1.03. The van der Waals surface area contributed by atoms with E-state index in [1.165, 1.54) is 55.1 Å². The number of carbonyl (C=O) groups excluding carboxylic acids is 3. The number of Topliss-reactive ketones (excluding diaryl/α,β-unsaturated/α-hetero) is 1. The number of aryl methyl sites for hydroxylation is 2. The largest absolute Gasteiger partial charge is 0.492 e. The fraction of sp³-hybridized carbons (Fsp3) is 0.607. The minimum atomic E-state index is -2.11. The van der Waals surface area contributed by atoms with Crippen molar-refractivity contribution in [3.63, 3.8) is 0 Å². The van der Waals surface area contributed by atoms with Crippen LogP contribution in [0.3, 0.4) is 0 Å². The molecular formula is C61H79IN4O21S3. The number of pyridine rings is 1. The number of rotatable bonds is 22. The number of ketones is 1. The molecule has 2 aliphatic carbocycles. The smallest absolute Gasteiger partial charge is 0.411 e. The average Bonchev–Trinajstić information content (AvgIpc) is 0.960. The highest BCUT2D eigenvalue weighted by Crippen LogP contribution is 2.49. The first kappa shape index (κ1) is 71.7. The number of nitrogens with one attached hydrogen (secondary N) is 3. The second-order valence-electron chi connectivity index (χ2n) is 22.0. The van der Waals surface area contributed by atoms with Crippen molar-refractivity contribution in [3.05, 3.63) is 73.3 Å². The van der Waals surface area contributed by atoms with Crippen LogP contribution in [-0.2, 0) is 52.3 Å². The summed E-state index contributed by atoms with van der Waals surface area (Å²) in [7, 11) is 9.74. The number of hydrogen-bond acceptors (Lipinski definition) is 27. The van der Waals surface area contributed by atoms with Crippen LogP contribution in [-0.4, -0.2) is 217 Å². The van der Waals surface area contributed by atoms with Crippen molar-refractivity contribution < 1.29 is 102 Å². The van der Waals surface area contributed by atoms with E-state index >= 15 is 0 Å². The van der Waals surface area contributed by atoms with Gasteiger partial charge in [-0.2, -0.15) is 5.48 Å². The number of benzene rings is 1. The Morgan fingerprint density at radius 1 is 0.856 bits per heavy atom. The molecule has 2 aromatic rings. The Morgan fingerprint density at radius 3 is 2.23 bits per heavy atom. The number of fused-ring (bicyclic) bond motifs is 2. The summed E-state index contributed by atoms with van der Waals surface area (Å²) in [6.07, 6.45) is -10.5. The third-order valence-corrected chi connectivity index (χ3v) is 21.2. The van der Waals surface area contributed by atoms with Crippen molar-refractivity contribution in [2.24, 2.45) is 0 Å². The molecule has 494 valence electrons. The summed E-state index contributed by atoms with van der Waals surface area (Å²) in [6.45, 7) is 13.3. The third kappa shape index (κ3) is 16.1. The van der Waals surface area contributed by atoms with Crippen LogP contribution in [0.4, 0.5) is 4.79 Å². The SMILES string of the molecule is CCN[C@H]1CO[C@@H](O[C@H]2[C@H](O[C@H]3C#C/C=C\C#C[C@]4(O)CC(=O)C(NC(=O)OC)=C3/C4=C\CSSc3c(C)cncc3C)O[C@H](C)[C@@H](NO[C@H]3C[C@H](O)[C@H](SC(=O)c4c(C)c(I)c(O[C@@H]5O[C@@H](C)[C@H](O)[C@@H](OC)[C@H]5O)c(OC)c4OC)[C@@H](C)O3)[C@@H]2O)C[C@@H]1OC. The number of ether oxygens (including phenoxy) is 12. The predicted molar refractivity (Wildman–Crippen MR) is 338 cm³/mol. The fourth-order valence-electron chi connectivity index (χ4n) is 11.3. The molecule has 29 heteroatoms. The van der Waals surface area contributed by atoms with Crippen LogP contribution in [0.1, 0.15) is 74.0 Å². The maximum Gasteiger partial charge on any atom is 0.411 e. The minimum Gasteiger partial charge on any atom is -0.492 e. The zero-order valence-corrected chi connectivity index (χ0v) is 56.4. The number of hydroxylamine groups is 1. The molecule has 4 aliphatic heterocycles. The van der Waals surface area contributed by atoms with Gasteiger partial charge in [0.05, 0.1) is 97.0 Å². The van der Waals surface area contributed by atoms with Gasteiger partial charge < -0.3 is 87.7 Å². The molecule has 90 heavy (non-hydrogen) atoms. The highest BCUT2D eigenvalue weighted by atomic mass is 127. The summed E-state index contributed by atoms with van der Waals surface area (Å²) >= 11 is 2.82. The number of allylic oxidation sites excluding steroid dienone is 3. The Morgan fingerprint density at radius 2 is 1.57 bits per heavy atom. The fourth-order valence-corrected chi connectivity index (χ4v) is 15.5. The molecule has 19 atom stereocenters. The Bertz CT molecular complexity index is 3110. The molecule has 25 nitrogen and oxygen atoms in total. The summed E-state index contributed by atoms with van der Waals surface area (Å²) in [5, 5.41) is 63.2. The minimum absolute atomic E-state index is 0.0234. The van der Waals surface area contributed by atoms with Crippen molar-refractivity contribution in [2.45, 2.75) is 188 Å². The van der Waals surface area contributed by atoms with E-state index in [-0.39, 0.29) is 77.0 Å². The average molecular weight is 1430 g/mol. The van der Waals surface area contributed by atoms with Crippen LogP contribution in [0.5, 0.6) is 17.2 Å². The molecule has 8 rings (SSSR count). The molecule has 2 bridgehead atoms. The van der Waals surface area contributed by atoms with Crippen molar-refractivity contribution in [3.8, 4) is 40.9 Å². The maximum absolute atomic E-state index is 14.5. The van der Waals surface area contributed by atoms with E-state index in [1.807, 2.05) is 43.4 Å². The molecule has 6 aliphatic rings. The standard InChI is InChI=1S/C61H79IN4O21S3/c1-13-64-35-27-80-40(23-39(35)75-8)85-53-48(70)45(66-87-41-22-36(67)56(33(7)81-41)89-57(72)42-30(4)44(62)51(54(78-11)50(42)76-9)86-58-49(71)52(77-10)47(69)32(6)83-58)31(5)82-59(53)84-38-18-16-14-15-17-20-61(74)24-37(68)46(65-60(73)79-12)43(38)34(61)19-21-88-90-55-28(2)25-63-26-29(55)3/h14-15,19,25-26,31-33,35-36,38-41,45,47-49,52-53,56,58-59,64,66-67,69-71,74H,13,21-24,27H2,1-12H3,(H,65,73)/b15-14-,34-19+/t31-,32+,33-,35+,36+,38+,39+,40+,41+,45-,47+,48+,49-,52-,53-,56-,58+,59+,61+/m1/s1. The van der Waals surface area contributed by atoms with E-state index in [2.05, 4.69) is 44.8 Å². The van der Waals surface area contributed by atoms with Gasteiger partial charge in [0.2, 0.25) is 17.2 Å². The zero-order valence-electron chi connectivity index (χ0n) is 51.8. The topological polar surface area (TPSA) is 321 Å². The summed E-state index contributed by atoms with van der Waals surface area (Å²) in [6, 6.07) is -1.30. The molecule has 1 aromatic carbocycles. The van der Waals surface area contributed by atoms with E-state index in [9.17, 15) is 39.9 Å². The van der Waals surface area contributed by atoms with Crippen LogP contribution < -0.4 is 30.3 Å². The molecule has 5 heterocycles. The summed E-state index contributed by atoms with van der Waals surface area (Å²) in [4.78, 5) is 53.3. The third-order valence-electron chi connectivity index (χ3n) is 16.0. The number of amides is 1. The van der Waals surface area contributed by atoms with Crippen LogP contribution in [0.15, 0.2) is 52.4 Å². The number of methoxy groups -OCH3 is 5. The molecule has 0 radical (unpaired) electrons. The van der Waals surface area contributed by atoms with Gasteiger partial charge in [0.25, 0.3) is 0 Å². The van der Waals surface area contributed by atoms with Crippen molar-refractivity contribution >= 4 is 72.9 Å². The number of alkyl carbamates (subject to hydrolysis) is 1. The first-order chi connectivity index (χ1) is 43.0. The van der Waals surface area contributed by atoms with E-state index < -0.39 is 127 Å². The van der Waals surface area contributed by atoms with E-state index in [4.69, 9.17) is 61.7 Å². The van der Waals surface area contributed by atoms with Gasteiger partial charge in [-0.05, 0) is 99.5 Å². The normalized spacial score (nSPS) is 34.3. The number of aliphatic hydroxyl groups is 5.